The van der Waals surface area contributed by atoms with Crippen molar-refractivity contribution in [2.45, 2.75) is 32.8 Å². The Morgan fingerprint density at radius 1 is 1.30 bits per heavy atom. The summed E-state index contributed by atoms with van der Waals surface area (Å²) in [5.74, 6) is 1.03. The molecule has 0 saturated heterocycles. The van der Waals surface area contributed by atoms with Crippen LogP contribution in [0, 0.1) is 13.8 Å². The van der Waals surface area contributed by atoms with E-state index < -0.39 is 5.60 Å². The highest BCUT2D eigenvalue weighted by molar-refractivity contribution is 5.60. The molecule has 1 unspecified atom stereocenters. The molecule has 1 heterocycles. The number of phenolic OH excluding ortho intramolecular Hbond substituents is 1. The third-order valence-corrected chi connectivity index (χ3v) is 3.19. The van der Waals surface area contributed by atoms with Gasteiger partial charge in [-0.05, 0) is 44.0 Å². The Balaban J connectivity index is 2.29. The average molecular weight is 277 g/mol. The van der Waals surface area contributed by atoms with Crippen molar-refractivity contribution in [3.05, 3.63) is 29.2 Å². The zero-order valence-electron chi connectivity index (χ0n) is 11.8. The molecule has 0 fully saturated rings. The first-order valence-corrected chi connectivity index (χ1v) is 6.38. The summed E-state index contributed by atoms with van der Waals surface area (Å²) in [4.78, 5) is 4.25. The van der Waals surface area contributed by atoms with Crippen molar-refractivity contribution < 1.29 is 14.7 Å². The van der Waals surface area contributed by atoms with Crippen molar-refractivity contribution in [1.82, 2.24) is 10.1 Å². The first kappa shape index (κ1) is 14.5. The van der Waals surface area contributed by atoms with E-state index in [9.17, 15) is 10.2 Å². The molecule has 1 aromatic heterocycles. The van der Waals surface area contributed by atoms with Gasteiger partial charge in [-0.3, -0.25) is 0 Å². The second kappa shape index (κ2) is 5.22. The fourth-order valence-electron chi connectivity index (χ4n) is 1.93. The van der Waals surface area contributed by atoms with Crippen LogP contribution in [0.4, 0.5) is 0 Å². The lowest BCUT2D eigenvalue weighted by Crippen LogP contribution is -2.36. The van der Waals surface area contributed by atoms with Crippen LogP contribution in [-0.2, 0) is 6.42 Å². The number of rotatable bonds is 4. The number of hydrogen-bond donors (Lipinski definition) is 3. The van der Waals surface area contributed by atoms with Gasteiger partial charge in [0, 0.05) is 12.1 Å². The highest BCUT2D eigenvalue weighted by Gasteiger charge is 2.23. The topological polar surface area (TPSA) is 105 Å². The Hall–Kier alpha value is -1.92. The number of nitrogens with zero attached hydrogens (tertiary/aromatic N) is 2. The minimum atomic E-state index is -1.06. The maximum absolute atomic E-state index is 9.90. The van der Waals surface area contributed by atoms with E-state index in [-0.39, 0.29) is 18.7 Å². The van der Waals surface area contributed by atoms with Crippen LogP contribution in [0.3, 0.4) is 0 Å². The zero-order chi connectivity index (χ0) is 14.9. The van der Waals surface area contributed by atoms with Crippen LogP contribution < -0.4 is 5.73 Å². The number of nitrogens with two attached hydrogens (primary N) is 1. The van der Waals surface area contributed by atoms with Gasteiger partial charge in [-0.2, -0.15) is 4.98 Å². The summed E-state index contributed by atoms with van der Waals surface area (Å²) in [5.41, 5.74) is 6.66. The largest absolute Gasteiger partial charge is 0.507 e. The zero-order valence-corrected chi connectivity index (χ0v) is 11.8. The second-order valence-electron chi connectivity index (χ2n) is 5.35. The molecule has 2 rings (SSSR count). The van der Waals surface area contributed by atoms with Gasteiger partial charge in [0.25, 0.3) is 0 Å². The van der Waals surface area contributed by atoms with Crippen LogP contribution in [0.25, 0.3) is 11.4 Å². The first-order chi connectivity index (χ1) is 9.32. The minimum Gasteiger partial charge on any atom is -0.507 e. The van der Waals surface area contributed by atoms with Gasteiger partial charge in [-0.25, -0.2) is 0 Å². The molecule has 0 aliphatic rings. The number of benzene rings is 1. The van der Waals surface area contributed by atoms with Crippen molar-refractivity contribution >= 4 is 0 Å². The van der Waals surface area contributed by atoms with E-state index in [0.717, 1.165) is 16.7 Å². The molecule has 0 bridgehead atoms. The molecule has 0 saturated carbocycles. The van der Waals surface area contributed by atoms with Crippen molar-refractivity contribution in [2.75, 3.05) is 6.54 Å². The molecule has 20 heavy (non-hydrogen) atoms. The van der Waals surface area contributed by atoms with E-state index in [1.165, 1.54) is 0 Å². The van der Waals surface area contributed by atoms with Crippen molar-refractivity contribution in [3.8, 4) is 17.1 Å². The summed E-state index contributed by atoms with van der Waals surface area (Å²) < 4.78 is 5.13. The smallest absolute Gasteiger partial charge is 0.229 e. The third kappa shape index (κ3) is 2.97. The van der Waals surface area contributed by atoms with Crippen molar-refractivity contribution in [3.63, 3.8) is 0 Å². The van der Waals surface area contributed by atoms with E-state index in [1.807, 2.05) is 13.8 Å². The van der Waals surface area contributed by atoms with Gasteiger partial charge < -0.3 is 20.5 Å². The van der Waals surface area contributed by atoms with Gasteiger partial charge in [0.2, 0.25) is 11.7 Å². The standard InChI is InChI=1S/C14H19N3O3/c1-8-4-10(5-9(2)12(8)18)13-16-11(20-17-13)6-14(3,19)7-15/h4-5,18-19H,6-7,15H2,1-3H3. The van der Waals surface area contributed by atoms with Gasteiger partial charge in [0.1, 0.15) is 5.75 Å². The molecule has 1 aromatic carbocycles. The van der Waals surface area contributed by atoms with Crippen LogP contribution >= 0.6 is 0 Å². The Morgan fingerprint density at radius 2 is 1.90 bits per heavy atom. The number of aliphatic hydroxyl groups is 1. The molecule has 6 nitrogen and oxygen atoms in total. The highest BCUT2D eigenvalue weighted by atomic mass is 16.5. The average Bonchev–Trinajstić information content (AvgIpc) is 2.83. The summed E-state index contributed by atoms with van der Waals surface area (Å²) in [5, 5.41) is 23.5. The molecule has 1 atom stereocenters. The Bertz CT molecular complexity index is 597. The molecule has 0 amide bonds. The summed E-state index contributed by atoms with van der Waals surface area (Å²) in [6.07, 6.45) is 0.201. The summed E-state index contributed by atoms with van der Waals surface area (Å²) in [6, 6.07) is 3.58. The number of hydrogen-bond acceptors (Lipinski definition) is 6. The SMILES string of the molecule is Cc1cc(-c2noc(CC(C)(O)CN)n2)cc(C)c1O. The Labute approximate surface area is 117 Å². The second-order valence-corrected chi connectivity index (χ2v) is 5.35. The molecule has 6 heteroatoms. The van der Waals surface area contributed by atoms with Crippen molar-refractivity contribution in [2.24, 2.45) is 5.73 Å². The lowest BCUT2D eigenvalue weighted by atomic mass is 10.0. The fraction of sp³-hybridized carbons (Fsp3) is 0.429. The number of phenols is 1. The van der Waals surface area contributed by atoms with Crippen LogP contribution in [0.1, 0.15) is 23.9 Å². The maximum atomic E-state index is 9.90. The minimum absolute atomic E-state index is 0.113. The quantitative estimate of drug-likeness (QED) is 0.778. The number of aryl methyl sites for hydroxylation is 2. The predicted octanol–water partition coefficient (Wildman–Crippen LogP) is 1.31. The lowest BCUT2D eigenvalue weighted by Gasteiger charge is -2.17. The van der Waals surface area contributed by atoms with E-state index in [1.54, 1.807) is 19.1 Å². The van der Waals surface area contributed by atoms with Gasteiger partial charge >= 0.3 is 0 Å². The first-order valence-electron chi connectivity index (χ1n) is 6.38. The summed E-state index contributed by atoms with van der Waals surface area (Å²) in [6.45, 7) is 5.35. The molecular formula is C14H19N3O3. The summed E-state index contributed by atoms with van der Waals surface area (Å²) in [7, 11) is 0. The predicted molar refractivity (Wildman–Crippen MR) is 74.3 cm³/mol. The van der Waals surface area contributed by atoms with E-state index >= 15 is 0 Å². The van der Waals surface area contributed by atoms with E-state index in [0.29, 0.717) is 11.7 Å². The van der Waals surface area contributed by atoms with E-state index in [4.69, 9.17) is 10.3 Å². The van der Waals surface area contributed by atoms with E-state index in [2.05, 4.69) is 10.1 Å². The van der Waals surface area contributed by atoms with Crippen LogP contribution in [0.5, 0.6) is 5.75 Å². The van der Waals surface area contributed by atoms with Crippen LogP contribution in [-0.4, -0.2) is 32.5 Å². The normalized spacial score (nSPS) is 14.2. The van der Waals surface area contributed by atoms with Gasteiger partial charge in [-0.1, -0.05) is 5.16 Å². The Kier molecular flexibility index (Phi) is 3.78. The monoisotopic (exact) mass is 277 g/mol. The summed E-state index contributed by atoms with van der Waals surface area (Å²) >= 11 is 0. The van der Waals surface area contributed by atoms with Gasteiger partial charge in [0.05, 0.1) is 12.0 Å². The molecule has 2 aromatic rings. The van der Waals surface area contributed by atoms with Gasteiger partial charge in [-0.15, -0.1) is 0 Å². The maximum Gasteiger partial charge on any atom is 0.229 e. The number of aromatic nitrogens is 2. The third-order valence-electron chi connectivity index (χ3n) is 3.19. The van der Waals surface area contributed by atoms with Crippen LogP contribution in [0.15, 0.2) is 16.7 Å². The van der Waals surface area contributed by atoms with Crippen molar-refractivity contribution in [1.29, 1.82) is 0 Å². The lowest BCUT2D eigenvalue weighted by molar-refractivity contribution is 0.0610. The Morgan fingerprint density at radius 3 is 2.45 bits per heavy atom. The molecule has 0 radical (unpaired) electrons. The molecular weight excluding hydrogens is 258 g/mol. The number of aromatic hydroxyl groups is 1. The molecule has 0 aliphatic heterocycles. The fourth-order valence-corrected chi connectivity index (χ4v) is 1.93. The molecule has 108 valence electrons. The van der Waals surface area contributed by atoms with Gasteiger partial charge in [0.15, 0.2) is 0 Å². The molecule has 0 aliphatic carbocycles. The highest BCUT2D eigenvalue weighted by Crippen LogP contribution is 2.27. The van der Waals surface area contributed by atoms with Crippen LogP contribution in [0.2, 0.25) is 0 Å². The molecule has 0 spiro atoms. The molecule has 4 N–H and O–H groups in total.